The van der Waals surface area contributed by atoms with Gasteiger partial charge in [-0.05, 0) is 54.1 Å². The van der Waals surface area contributed by atoms with E-state index in [-0.39, 0.29) is 0 Å². The fraction of sp³-hybridized carbons (Fsp3) is 0.688. The highest BCUT2D eigenvalue weighted by Gasteiger charge is 2.31. The van der Waals surface area contributed by atoms with Gasteiger partial charge in [0.2, 0.25) is 0 Å². The van der Waals surface area contributed by atoms with E-state index in [2.05, 4.69) is 39.1 Å². The number of rotatable bonds is 8. The van der Waals surface area contributed by atoms with Gasteiger partial charge in [-0.3, -0.25) is 0 Å². The molecule has 0 aliphatic heterocycles. The van der Waals surface area contributed by atoms with Crippen LogP contribution in [0.25, 0.3) is 0 Å². The zero-order chi connectivity index (χ0) is 13.9. The predicted molar refractivity (Wildman–Crippen MR) is 87.1 cm³/mol. The van der Waals surface area contributed by atoms with Crippen molar-refractivity contribution in [2.75, 3.05) is 11.4 Å². The Hall–Kier alpha value is -0.610. The molecule has 110 valence electrons. The van der Waals surface area contributed by atoms with E-state index in [1.165, 1.54) is 49.9 Å². The number of halogens is 1. The maximum Gasteiger partial charge on any atom is 0.133 e. The molecule has 0 spiro atoms. The normalized spacial score (nSPS) is 18.3. The minimum atomic E-state index is 0.731. The van der Waals surface area contributed by atoms with Crippen LogP contribution in [0.15, 0.2) is 16.7 Å². The fourth-order valence-corrected chi connectivity index (χ4v) is 2.96. The molecule has 2 fully saturated rings. The lowest BCUT2D eigenvalue weighted by molar-refractivity contribution is 0.666. The van der Waals surface area contributed by atoms with E-state index in [1.54, 1.807) is 0 Å². The highest BCUT2D eigenvalue weighted by molar-refractivity contribution is 9.10. The van der Waals surface area contributed by atoms with Crippen LogP contribution in [0, 0.1) is 0 Å². The molecule has 0 unspecified atom stereocenters. The van der Waals surface area contributed by atoms with Crippen molar-refractivity contribution in [1.82, 2.24) is 10.3 Å². The van der Waals surface area contributed by atoms with Gasteiger partial charge in [0, 0.05) is 41.4 Å². The zero-order valence-electron chi connectivity index (χ0n) is 12.2. The number of anilines is 1. The number of pyridine rings is 1. The lowest BCUT2D eigenvalue weighted by atomic mass is 10.2. The topological polar surface area (TPSA) is 28.2 Å². The molecule has 0 radical (unpaired) electrons. The third-order valence-corrected chi connectivity index (χ3v) is 4.51. The number of nitrogens with zero attached hydrogens (tertiary/aromatic N) is 2. The van der Waals surface area contributed by atoms with E-state index in [4.69, 9.17) is 4.98 Å². The second-order valence-electron chi connectivity index (χ2n) is 6.07. The molecule has 1 aromatic rings. The maximum absolute atomic E-state index is 4.73. The van der Waals surface area contributed by atoms with Gasteiger partial charge in [-0.2, -0.15) is 0 Å². The van der Waals surface area contributed by atoms with Crippen molar-refractivity contribution in [3.63, 3.8) is 0 Å². The third-order valence-electron chi connectivity index (χ3n) is 4.08. The summed E-state index contributed by atoms with van der Waals surface area (Å²) in [5.41, 5.74) is 1.34. The van der Waals surface area contributed by atoms with Crippen molar-refractivity contribution in [3.05, 3.63) is 22.3 Å². The molecular weight excluding hydrogens is 314 g/mol. The van der Waals surface area contributed by atoms with Crippen molar-refractivity contribution in [1.29, 1.82) is 0 Å². The van der Waals surface area contributed by atoms with E-state index in [0.29, 0.717) is 0 Å². The van der Waals surface area contributed by atoms with Crippen LogP contribution in [0.1, 0.15) is 51.0 Å². The number of unbranched alkanes of at least 4 members (excludes halogenated alkanes) is 1. The molecule has 0 bridgehead atoms. The van der Waals surface area contributed by atoms with E-state index in [9.17, 15) is 0 Å². The average molecular weight is 338 g/mol. The van der Waals surface area contributed by atoms with E-state index in [0.717, 1.165) is 29.6 Å². The molecule has 4 heteroatoms. The monoisotopic (exact) mass is 337 g/mol. The lowest BCUT2D eigenvalue weighted by Gasteiger charge is -2.26. The Balaban J connectivity index is 1.77. The number of hydrogen-bond acceptors (Lipinski definition) is 3. The molecule has 3 nitrogen and oxygen atoms in total. The first-order valence-corrected chi connectivity index (χ1v) is 8.71. The Labute approximate surface area is 130 Å². The molecule has 20 heavy (non-hydrogen) atoms. The average Bonchev–Trinajstić information content (AvgIpc) is 3.32. The Morgan fingerprint density at radius 1 is 1.35 bits per heavy atom. The van der Waals surface area contributed by atoms with Crippen LogP contribution < -0.4 is 10.2 Å². The van der Waals surface area contributed by atoms with E-state index >= 15 is 0 Å². The molecule has 1 N–H and O–H groups in total. The lowest BCUT2D eigenvalue weighted by Crippen LogP contribution is -2.30. The zero-order valence-corrected chi connectivity index (χ0v) is 13.8. The van der Waals surface area contributed by atoms with Crippen LogP contribution in [0.3, 0.4) is 0 Å². The number of nitrogens with one attached hydrogen (secondary N) is 1. The van der Waals surface area contributed by atoms with Gasteiger partial charge >= 0.3 is 0 Å². The van der Waals surface area contributed by atoms with Crippen LogP contribution in [0.4, 0.5) is 5.82 Å². The van der Waals surface area contributed by atoms with Crippen LogP contribution in [-0.4, -0.2) is 23.6 Å². The van der Waals surface area contributed by atoms with Gasteiger partial charge in [-0.1, -0.05) is 13.3 Å². The van der Waals surface area contributed by atoms with Crippen molar-refractivity contribution < 1.29 is 0 Å². The highest BCUT2D eigenvalue weighted by atomic mass is 79.9. The number of aromatic nitrogens is 1. The van der Waals surface area contributed by atoms with Crippen molar-refractivity contribution in [2.24, 2.45) is 0 Å². The molecule has 0 aromatic carbocycles. The Morgan fingerprint density at radius 2 is 2.15 bits per heavy atom. The molecule has 0 saturated heterocycles. The Morgan fingerprint density at radius 3 is 2.80 bits per heavy atom. The van der Waals surface area contributed by atoms with Crippen LogP contribution in [-0.2, 0) is 6.54 Å². The van der Waals surface area contributed by atoms with Crippen LogP contribution in [0.5, 0.6) is 0 Å². The summed E-state index contributed by atoms with van der Waals surface area (Å²) >= 11 is 3.56. The highest BCUT2D eigenvalue weighted by Crippen LogP contribution is 2.33. The predicted octanol–water partition coefficient (Wildman–Crippen LogP) is 3.87. The molecule has 2 saturated carbocycles. The van der Waals surface area contributed by atoms with Gasteiger partial charge in [0.25, 0.3) is 0 Å². The second kappa shape index (κ2) is 6.44. The Bertz CT molecular complexity index is 455. The second-order valence-corrected chi connectivity index (χ2v) is 6.99. The first kappa shape index (κ1) is 14.3. The van der Waals surface area contributed by atoms with Crippen molar-refractivity contribution in [2.45, 2.75) is 64.1 Å². The number of hydrogen-bond donors (Lipinski definition) is 1. The molecular formula is C16H24BrN3. The molecule has 2 aliphatic rings. The molecule has 3 rings (SSSR count). The van der Waals surface area contributed by atoms with Crippen molar-refractivity contribution >= 4 is 21.7 Å². The molecule has 1 heterocycles. The van der Waals surface area contributed by atoms with Crippen LogP contribution >= 0.6 is 15.9 Å². The fourth-order valence-electron chi connectivity index (χ4n) is 2.58. The molecule has 2 aliphatic carbocycles. The van der Waals surface area contributed by atoms with Gasteiger partial charge in [-0.25, -0.2) is 4.98 Å². The van der Waals surface area contributed by atoms with Crippen LogP contribution in [0.2, 0.25) is 0 Å². The van der Waals surface area contributed by atoms with E-state index in [1.807, 2.05) is 6.20 Å². The van der Waals surface area contributed by atoms with E-state index < -0.39 is 0 Å². The SMILES string of the molecule is CCCCN(c1ncc(Br)cc1CNC1CC1)C1CC1. The maximum atomic E-state index is 4.73. The largest absolute Gasteiger partial charge is 0.353 e. The summed E-state index contributed by atoms with van der Waals surface area (Å²) in [6.45, 7) is 4.35. The smallest absolute Gasteiger partial charge is 0.133 e. The molecule has 0 atom stereocenters. The Kier molecular flexibility index (Phi) is 4.61. The molecule has 1 aromatic heterocycles. The first-order valence-electron chi connectivity index (χ1n) is 7.92. The third kappa shape index (κ3) is 3.73. The van der Waals surface area contributed by atoms with Gasteiger partial charge in [0.1, 0.15) is 5.82 Å². The quantitative estimate of drug-likeness (QED) is 0.780. The summed E-state index contributed by atoms with van der Waals surface area (Å²) < 4.78 is 1.08. The molecule has 0 amide bonds. The summed E-state index contributed by atoms with van der Waals surface area (Å²) in [6.07, 6.45) is 9.77. The summed E-state index contributed by atoms with van der Waals surface area (Å²) in [6, 6.07) is 3.71. The summed E-state index contributed by atoms with van der Waals surface area (Å²) in [5, 5.41) is 3.62. The van der Waals surface area contributed by atoms with Crippen molar-refractivity contribution in [3.8, 4) is 0 Å². The summed E-state index contributed by atoms with van der Waals surface area (Å²) in [5.74, 6) is 1.21. The standard InChI is InChI=1S/C16H24BrN3/c1-2-3-8-20(15-6-7-15)16-12(9-13(17)11-19-16)10-18-14-4-5-14/h9,11,14-15,18H,2-8,10H2,1H3. The minimum absolute atomic E-state index is 0.731. The minimum Gasteiger partial charge on any atom is -0.353 e. The van der Waals surface area contributed by atoms with Gasteiger partial charge in [0.15, 0.2) is 0 Å². The van der Waals surface area contributed by atoms with Gasteiger partial charge < -0.3 is 10.2 Å². The van der Waals surface area contributed by atoms with Gasteiger partial charge in [-0.15, -0.1) is 0 Å². The first-order chi connectivity index (χ1) is 9.78. The summed E-state index contributed by atoms with van der Waals surface area (Å²) in [7, 11) is 0. The summed E-state index contributed by atoms with van der Waals surface area (Å²) in [4.78, 5) is 7.27. The van der Waals surface area contributed by atoms with Gasteiger partial charge in [0.05, 0.1) is 0 Å².